The van der Waals surface area contributed by atoms with Crippen LogP contribution in [0.3, 0.4) is 0 Å². The van der Waals surface area contributed by atoms with Crippen molar-refractivity contribution in [2.45, 2.75) is 6.92 Å². The molecule has 0 bridgehead atoms. The fourth-order valence-electron chi connectivity index (χ4n) is 1.74. The van der Waals surface area contributed by atoms with E-state index in [1.807, 2.05) is 62.5 Å². The number of nitrogens with one attached hydrogen (secondary N) is 2. The molecule has 0 saturated heterocycles. The lowest BCUT2D eigenvalue weighted by atomic mass is 10.1. The van der Waals surface area contributed by atoms with Crippen molar-refractivity contribution < 1.29 is 0 Å². The predicted octanol–water partition coefficient (Wildman–Crippen LogP) is 3.56. The van der Waals surface area contributed by atoms with E-state index in [0.29, 0.717) is 0 Å². The van der Waals surface area contributed by atoms with Gasteiger partial charge in [0, 0.05) is 18.3 Å². The molecule has 92 valence electrons. The summed E-state index contributed by atoms with van der Waals surface area (Å²) in [5.41, 5.74) is 7.17. The molecule has 2 rings (SSSR count). The molecular formula is C15H17N3. The Labute approximate surface area is 108 Å². The summed E-state index contributed by atoms with van der Waals surface area (Å²) < 4.78 is 0. The first-order valence-corrected chi connectivity index (χ1v) is 5.94. The van der Waals surface area contributed by atoms with Crippen molar-refractivity contribution in [2.24, 2.45) is 5.10 Å². The normalized spacial score (nSPS) is 11.1. The zero-order valence-corrected chi connectivity index (χ0v) is 10.6. The zero-order chi connectivity index (χ0) is 12.8. The van der Waals surface area contributed by atoms with E-state index in [9.17, 15) is 0 Å². The fourth-order valence-corrected chi connectivity index (χ4v) is 1.74. The van der Waals surface area contributed by atoms with Crippen molar-refractivity contribution in [2.75, 3.05) is 17.8 Å². The lowest BCUT2D eigenvalue weighted by molar-refractivity contribution is 1.32. The topological polar surface area (TPSA) is 36.4 Å². The standard InChI is InChI=1S/C15H17N3/c1-12(14-10-6-7-11-15(14)16-2)17-18-13-8-4-3-5-9-13/h3-11,16,18H,1-2H3/b17-12+. The lowest BCUT2D eigenvalue weighted by Gasteiger charge is -2.08. The maximum atomic E-state index is 4.40. The van der Waals surface area contributed by atoms with E-state index in [1.165, 1.54) is 0 Å². The number of rotatable bonds is 4. The second kappa shape index (κ2) is 5.87. The van der Waals surface area contributed by atoms with Gasteiger partial charge in [-0.25, -0.2) is 0 Å². The highest BCUT2D eigenvalue weighted by Crippen LogP contribution is 2.15. The van der Waals surface area contributed by atoms with E-state index in [-0.39, 0.29) is 0 Å². The van der Waals surface area contributed by atoms with Crippen molar-refractivity contribution in [1.29, 1.82) is 0 Å². The smallest absolute Gasteiger partial charge is 0.0669 e. The number of anilines is 2. The van der Waals surface area contributed by atoms with E-state index in [0.717, 1.165) is 22.6 Å². The molecule has 0 spiro atoms. The molecule has 0 atom stereocenters. The number of hydrogen-bond acceptors (Lipinski definition) is 3. The van der Waals surface area contributed by atoms with Crippen LogP contribution in [0.15, 0.2) is 59.7 Å². The molecule has 0 radical (unpaired) electrons. The van der Waals surface area contributed by atoms with Crippen LogP contribution in [0.1, 0.15) is 12.5 Å². The Morgan fingerprint density at radius 1 is 0.944 bits per heavy atom. The maximum absolute atomic E-state index is 4.40. The molecule has 0 saturated carbocycles. The third-order valence-electron chi connectivity index (χ3n) is 2.71. The molecule has 2 N–H and O–H groups in total. The van der Waals surface area contributed by atoms with Gasteiger partial charge in [-0.15, -0.1) is 0 Å². The van der Waals surface area contributed by atoms with Gasteiger partial charge < -0.3 is 5.32 Å². The minimum atomic E-state index is 0.948. The van der Waals surface area contributed by atoms with E-state index in [4.69, 9.17) is 0 Å². The third kappa shape index (κ3) is 2.88. The Balaban J connectivity index is 2.18. The van der Waals surface area contributed by atoms with Crippen molar-refractivity contribution in [3.63, 3.8) is 0 Å². The summed E-state index contributed by atoms with van der Waals surface area (Å²) in [6.45, 7) is 1.99. The van der Waals surface area contributed by atoms with Crippen LogP contribution in [0.25, 0.3) is 0 Å². The highest BCUT2D eigenvalue weighted by atomic mass is 15.3. The third-order valence-corrected chi connectivity index (χ3v) is 2.71. The molecule has 2 aromatic rings. The second-order valence-electron chi connectivity index (χ2n) is 3.97. The molecule has 0 fully saturated rings. The van der Waals surface area contributed by atoms with Crippen LogP contribution in [-0.2, 0) is 0 Å². The van der Waals surface area contributed by atoms with Crippen LogP contribution < -0.4 is 10.7 Å². The average Bonchev–Trinajstić information content (AvgIpc) is 2.45. The Bertz CT molecular complexity index is 532. The summed E-state index contributed by atoms with van der Waals surface area (Å²) in [6.07, 6.45) is 0. The van der Waals surface area contributed by atoms with Gasteiger partial charge in [0.2, 0.25) is 0 Å². The van der Waals surface area contributed by atoms with E-state index in [1.54, 1.807) is 0 Å². The summed E-state index contributed by atoms with van der Waals surface area (Å²) in [7, 11) is 1.91. The van der Waals surface area contributed by atoms with Crippen LogP contribution >= 0.6 is 0 Å². The number of para-hydroxylation sites is 2. The Kier molecular flexibility index (Phi) is 3.97. The fraction of sp³-hybridized carbons (Fsp3) is 0.133. The molecule has 0 aliphatic heterocycles. The molecule has 0 amide bonds. The van der Waals surface area contributed by atoms with Crippen LogP contribution in [0.2, 0.25) is 0 Å². The number of hydrogen-bond donors (Lipinski definition) is 2. The van der Waals surface area contributed by atoms with Gasteiger partial charge in [0.1, 0.15) is 0 Å². The first-order valence-electron chi connectivity index (χ1n) is 5.94. The monoisotopic (exact) mass is 239 g/mol. The van der Waals surface area contributed by atoms with Crippen LogP contribution in [0.5, 0.6) is 0 Å². The van der Waals surface area contributed by atoms with Crippen LogP contribution in [-0.4, -0.2) is 12.8 Å². The van der Waals surface area contributed by atoms with Gasteiger partial charge in [-0.1, -0.05) is 36.4 Å². The molecular weight excluding hydrogens is 222 g/mol. The van der Waals surface area contributed by atoms with Gasteiger partial charge in [0.15, 0.2) is 0 Å². The van der Waals surface area contributed by atoms with Crippen LogP contribution in [0, 0.1) is 0 Å². The SMILES string of the molecule is CNc1ccccc1/C(C)=N/Nc1ccccc1. The molecule has 18 heavy (non-hydrogen) atoms. The molecule has 3 nitrogen and oxygen atoms in total. The first kappa shape index (κ1) is 12.2. The van der Waals surface area contributed by atoms with E-state index < -0.39 is 0 Å². The van der Waals surface area contributed by atoms with Gasteiger partial charge in [-0.3, -0.25) is 5.43 Å². The number of nitrogens with zero attached hydrogens (tertiary/aromatic N) is 1. The summed E-state index contributed by atoms with van der Waals surface area (Å²) in [4.78, 5) is 0. The molecule has 0 aliphatic rings. The lowest BCUT2D eigenvalue weighted by Crippen LogP contribution is -2.03. The Morgan fingerprint density at radius 2 is 1.61 bits per heavy atom. The number of benzene rings is 2. The van der Waals surface area contributed by atoms with Crippen LogP contribution in [0.4, 0.5) is 11.4 Å². The van der Waals surface area contributed by atoms with Gasteiger partial charge in [0.05, 0.1) is 11.4 Å². The van der Waals surface area contributed by atoms with E-state index in [2.05, 4.69) is 21.9 Å². The molecule has 3 heteroatoms. The average molecular weight is 239 g/mol. The molecule has 0 heterocycles. The van der Waals surface area contributed by atoms with E-state index >= 15 is 0 Å². The Hall–Kier alpha value is -2.29. The highest BCUT2D eigenvalue weighted by Gasteiger charge is 2.02. The largest absolute Gasteiger partial charge is 0.388 e. The minimum absolute atomic E-state index is 0.948. The minimum Gasteiger partial charge on any atom is -0.388 e. The van der Waals surface area contributed by atoms with Crippen molar-refractivity contribution in [1.82, 2.24) is 0 Å². The van der Waals surface area contributed by atoms with Crippen molar-refractivity contribution >= 4 is 17.1 Å². The quantitative estimate of drug-likeness (QED) is 0.632. The summed E-state index contributed by atoms with van der Waals surface area (Å²) in [6, 6.07) is 18.0. The summed E-state index contributed by atoms with van der Waals surface area (Å²) in [5.74, 6) is 0. The highest BCUT2D eigenvalue weighted by molar-refractivity contribution is 6.03. The molecule has 0 aromatic heterocycles. The van der Waals surface area contributed by atoms with Gasteiger partial charge >= 0.3 is 0 Å². The predicted molar refractivity (Wildman–Crippen MR) is 78.3 cm³/mol. The van der Waals surface area contributed by atoms with Gasteiger partial charge in [-0.05, 0) is 25.1 Å². The van der Waals surface area contributed by atoms with Crippen molar-refractivity contribution in [3.05, 3.63) is 60.2 Å². The second-order valence-corrected chi connectivity index (χ2v) is 3.97. The first-order chi connectivity index (χ1) is 8.81. The Morgan fingerprint density at radius 3 is 2.33 bits per heavy atom. The summed E-state index contributed by atoms with van der Waals surface area (Å²) >= 11 is 0. The van der Waals surface area contributed by atoms with Gasteiger partial charge in [0.25, 0.3) is 0 Å². The molecule has 0 unspecified atom stereocenters. The van der Waals surface area contributed by atoms with Crippen molar-refractivity contribution in [3.8, 4) is 0 Å². The zero-order valence-electron chi connectivity index (χ0n) is 10.6. The maximum Gasteiger partial charge on any atom is 0.0669 e. The molecule has 2 aromatic carbocycles. The number of hydrazone groups is 1. The van der Waals surface area contributed by atoms with Gasteiger partial charge in [-0.2, -0.15) is 5.10 Å². The summed E-state index contributed by atoms with van der Waals surface area (Å²) in [5, 5.41) is 7.57. The molecule has 0 aliphatic carbocycles.